The number of esters is 1. The van der Waals surface area contributed by atoms with Crippen LogP contribution in [0.3, 0.4) is 0 Å². The zero-order valence-corrected chi connectivity index (χ0v) is 15.3. The van der Waals surface area contributed by atoms with E-state index in [0.29, 0.717) is 12.2 Å². The first kappa shape index (κ1) is 17.1. The quantitative estimate of drug-likeness (QED) is 0.778. The minimum absolute atomic E-state index is 0.0852. The van der Waals surface area contributed by atoms with Crippen LogP contribution in [0.4, 0.5) is 0 Å². The molecule has 5 heteroatoms. The maximum Gasteiger partial charge on any atom is 0.337 e. The molecule has 1 fully saturated rings. The Balaban J connectivity index is 1.83. The predicted octanol–water partition coefficient (Wildman–Crippen LogP) is 2.70. The molecular formula is C21H24N2O3. The van der Waals surface area contributed by atoms with Gasteiger partial charge in [-0.1, -0.05) is 24.3 Å². The van der Waals surface area contributed by atoms with E-state index in [9.17, 15) is 4.79 Å². The van der Waals surface area contributed by atoms with Crippen LogP contribution in [-0.2, 0) is 11.3 Å². The van der Waals surface area contributed by atoms with Gasteiger partial charge in [0.25, 0.3) is 0 Å². The smallest absolute Gasteiger partial charge is 0.337 e. The van der Waals surface area contributed by atoms with Crippen LogP contribution in [0.2, 0.25) is 0 Å². The topological polar surface area (TPSA) is 42.0 Å². The first-order valence-electron chi connectivity index (χ1n) is 9.03. The normalized spacial score (nSPS) is 20.5. The van der Waals surface area contributed by atoms with Crippen molar-refractivity contribution in [3.8, 4) is 5.75 Å². The van der Waals surface area contributed by atoms with Crippen LogP contribution in [0, 0.1) is 0 Å². The number of rotatable bonds is 2. The molecule has 0 aliphatic carbocycles. The lowest BCUT2D eigenvalue weighted by Gasteiger charge is -2.38. The molecule has 4 rings (SSSR count). The second kappa shape index (κ2) is 7.09. The third kappa shape index (κ3) is 3.08. The van der Waals surface area contributed by atoms with Crippen molar-refractivity contribution >= 4 is 5.97 Å². The maximum absolute atomic E-state index is 12.1. The summed E-state index contributed by atoms with van der Waals surface area (Å²) < 4.78 is 11.0. The molecule has 0 N–H and O–H groups in total. The van der Waals surface area contributed by atoms with Crippen molar-refractivity contribution in [2.45, 2.75) is 12.6 Å². The molecule has 2 aliphatic heterocycles. The number of methoxy groups -OCH3 is 1. The lowest BCUT2D eigenvalue weighted by atomic mass is 9.92. The average Bonchev–Trinajstić information content (AvgIpc) is 2.84. The van der Waals surface area contributed by atoms with Crippen LogP contribution >= 0.6 is 0 Å². The molecule has 0 bridgehead atoms. The summed E-state index contributed by atoms with van der Waals surface area (Å²) in [5.41, 5.74) is 4.07. The molecule has 1 unspecified atom stereocenters. The fraction of sp³-hybridized carbons (Fsp3) is 0.381. The summed E-state index contributed by atoms with van der Waals surface area (Å²) >= 11 is 0. The second-order valence-corrected chi connectivity index (χ2v) is 6.97. The van der Waals surface area contributed by atoms with Crippen LogP contribution in [0.5, 0.6) is 5.75 Å². The Bertz CT molecular complexity index is 813. The van der Waals surface area contributed by atoms with E-state index < -0.39 is 0 Å². The average molecular weight is 352 g/mol. The van der Waals surface area contributed by atoms with E-state index in [1.54, 1.807) is 6.07 Å². The molecule has 1 saturated heterocycles. The third-order valence-electron chi connectivity index (χ3n) is 5.36. The van der Waals surface area contributed by atoms with Gasteiger partial charge in [-0.25, -0.2) is 4.79 Å². The van der Waals surface area contributed by atoms with E-state index >= 15 is 0 Å². The lowest BCUT2D eigenvalue weighted by molar-refractivity contribution is 0.0600. The fourth-order valence-corrected chi connectivity index (χ4v) is 3.87. The largest absolute Gasteiger partial charge is 0.489 e. The third-order valence-corrected chi connectivity index (χ3v) is 5.36. The number of piperazine rings is 1. The number of hydrogen-bond donors (Lipinski definition) is 0. The van der Waals surface area contributed by atoms with E-state index in [2.05, 4.69) is 41.1 Å². The zero-order valence-electron chi connectivity index (χ0n) is 15.3. The van der Waals surface area contributed by atoms with Crippen LogP contribution in [0.15, 0.2) is 42.5 Å². The first-order valence-corrected chi connectivity index (χ1v) is 9.03. The van der Waals surface area contributed by atoms with Crippen LogP contribution in [-0.4, -0.2) is 56.1 Å². The maximum atomic E-state index is 12.1. The summed E-state index contributed by atoms with van der Waals surface area (Å²) in [6.45, 7) is 4.58. The van der Waals surface area contributed by atoms with Gasteiger partial charge in [0.05, 0.1) is 18.7 Å². The Hall–Kier alpha value is -2.37. The highest BCUT2D eigenvalue weighted by Gasteiger charge is 2.31. The van der Waals surface area contributed by atoms with Gasteiger partial charge >= 0.3 is 5.97 Å². The van der Waals surface area contributed by atoms with Gasteiger partial charge in [0.2, 0.25) is 0 Å². The lowest BCUT2D eigenvalue weighted by Crippen LogP contribution is -2.46. The van der Waals surface area contributed by atoms with Gasteiger partial charge < -0.3 is 14.4 Å². The van der Waals surface area contributed by atoms with E-state index in [0.717, 1.165) is 37.5 Å². The van der Waals surface area contributed by atoms with Crippen molar-refractivity contribution in [2.75, 3.05) is 40.3 Å². The van der Waals surface area contributed by atoms with Crippen LogP contribution in [0.1, 0.15) is 33.1 Å². The second-order valence-electron chi connectivity index (χ2n) is 6.97. The van der Waals surface area contributed by atoms with Gasteiger partial charge in [0.15, 0.2) is 0 Å². The number of likely N-dealkylation sites (N-methyl/N-ethyl adjacent to an activating group) is 1. The highest BCUT2D eigenvalue weighted by molar-refractivity contribution is 5.89. The Kier molecular flexibility index (Phi) is 4.66. The number of hydrogen-bond acceptors (Lipinski definition) is 5. The summed E-state index contributed by atoms with van der Waals surface area (Å²) in [7, 11) is 3.57. The minimum atomic E-state index is -0.317. The summed E-state index contributed by atoms with van der Waals surface area (Å²) in [6, 6.07) is 14.1. The molecule has 0 aromatic heterocycles. The number of ether oxygens (including phenoxy) is 2. The molecule has 2 aromatic carbocycles. The molecule has 136 valence electrons. The predicted molar refractivity (Wildman–Crippen MR) is 99.5 cm³/mol. The molecule has 26 heavy (non-hydrogen) atoms. The highest BCUT2D eigenvalue weighted by Crippen LogP contribution is 2.40. The number of benzene rings is 2. The minimum Gasteiger partial charge on any atom is -0.489 e. The van der Waals surface area contributed by atoms with Gasteiger partial charge in [-0.15, -0.1) is 0 Å². The molecule has 0 spiro atoms. The number of carbonyl (C=O) groups excluding carboxylic acids is 1. The summed E-state index contributed by atoms with van der Waals surface area (Å²) in [5.74, 6) is 0.528. The molecule has 2 heterocycles. The molecular weight excluding hydrogens is 328 g/mol. The Morgan fingerprint density at radius 1 is 1.08 bits per heavy atom. The van der Waals surface area contributed by atoms with E-state index in [4.69, 9.17) is 9.47 Å². The van der Waals surface area contributed by atoms with Gasteiger partial charge in [-0.2, -0.15) is 0 Å². The molecule has 1 atom stereocenters. The van der Waals surface area contributed by atoms with Gasteiger partial charge in [0.1, 0.15) is 12.4 Å². The molecule has 0 saturated carbocycles. The van der Waals surface area contributed by atoms with Crippen molar-refractivity contribution in [2.24, 2.45) is 0 Å². The van der Waals surface area contributed by atoms with E-state index in [-0.39, 0.29) is 12.0 Å². The fourth-order valence-electron chi connectivity index (χ4n) is 3.87. The van der Waals surface area contributed by atoms with Crippen LogP contribution < -0.4 is 4.74 Å². The Morgan fingerprint density at radius 2 is 1.85 bits per heavy atom. The number of nitrogens with zero attached hydrogens (tertiary/aromatic N) is 2. The van der Waals surface area contributed by atoms with Crippen molar-refractivity contribution < 1.29 is 14.3 Å². The monoisotopic (exact) mass is 352 g/mol. The van der Waals surface area contributed by atoms with Crippen molar-refractivity contribution in [3.63, 3.8) is 0 Å². The molecule has 0 amide bonds. The summed E-state index contributed by atoms with van der Waals surface area (Å²) in [4.78, 5) is 16.9. The van der Waals surface area contributed by atoms with Crippen molar-refractivity contribution in [1.82, 2.24) is 9.80 Å². The highest BCUT2D eigenvalue weighted by atomic mass is 16.5. The summed E-state index contributed by atoms with van der Waals surface area (Å²) in [6.07, 6.45) is 0. The molecule has 2 aliphatic rings. The van der Waals surface area contributed by atoms with E-state index in [1.165, 1.54) is 18.2 Å². The summed E-state index contributed by atoms with van der Waals surface area (Å²) in [5, 5.41) is 0. The van der Waals surface area contributed by atoms with Crippen molar-refractivity contribution in [1.29, 1.82) is 0 Å². The SMILES string of the molecule is COC(=O)c1ccc2c(c1)C(N1CCN(C)CC1)c1ccccc1CO2. The standard InChI is InChI=1S/C21H24N2O3/c1-22-9-11-23(12-10-22)20-17-6-4-3-5-16(17)14-26-19-8-7-15(13-18(19)20)21(24)25-2/h3-8,13,20H,9-12,14H2,1-2H3. The van der Waals surface area contributed by atoms with Crippen molar-refractivity contribution in [3.05, 3.63) is 64.7 Å². The van der Waals surface area contributed by atoms with Gasteiger partial charge in [-0.05, 0) is 36.4 Å². The Morgan fingerprint density at radius 3 is 2.62 bits per heavy atom. The zero-order chi connectivity index (χ0) is 18.1. The molecule has 5 nitrogen and oxygen atoms in total. The first-order chi connectivity index (χ1) is 12.7. The van der Waals surface area contributed by atoms with Crippen LogP contribution in [0.25, 0.3) is 0 Å². The number of fused-ring (bicyclic) bond motifs is 2. The Labute approximate surface area is 154 Å². The van der Waals surface area contributed by atoms with Gasteiger partial charge in [-0.3, -0.25) is 4.90 Å². The number of carbonyl (C=O) groups is 1. The molecule has 2 aromatic rings. The van der Waals surface area contributed by atoms with E-state index in [1.807, 2.05) is 12.1 Å². The molecule has 0 radical (unpaired) electrons. The van der Waals surface area contributed by atoms with Gasteiger partial charge in [0, 0.05) is 31.7 Å².